The average Bonchev–Trinajstić information content (AvgIpc) is 2.94. The maximum atomic E-state index is 11.8. The molecule has 0 atom stereocenters. The van der Waals surface area contributed by atoms with Gasteiger partial charge in [-0.3, -0.25) is 4.79 Å². The number of halogens is 3. The lowest BCUT2D eigenvalue weighted by molar-refractivity contribution is 0.0942. The Kier molecular flexibility index (Phi) is 10.9. The fourth-order valence-corrected chi connectivity index (χ4v) is 2.42. The fourth-order valence-electron chi connectivity index (χ4n) is 1.51. The third kappa shape index (κ3) is 7.32. The Balaban J connectivity index is 0.00000242. The van der Waals surface area contributed by atoms with E-state index in [-0.39, 0.29) is 30.7 Å². The van der Waals surface area contributed by atoms with Gasteiger partial charge in [-0.25, -0.2) is 9.97 Å². The fraction of sp³-hybridized carbons (Fsp3) is 0.308. The van der Waals surface area contributed by atoms with Crippen molar-refractivity contribution in [3.05, 3.63) is 39.4 Å². The molecule has 0 radical (unpaired) electrons. The van der Waals surface area contributed by atoms with Crippen molar-refractivity contribution >= 4 is 53.7 Å². The number of nitrogens with one attached hydrogen (secondary N) is 1. The molecule has 0 fully saturated rings. The number of nitrogens with zero attached hydrogens (tertiary/aromatic N) is 2. The Morgan fingerprint density at radius 3 is 2.83 bits per heavy atom. The number of thiazole rings is 1. The number of hydrogen-bond donors (Lipinski definition) is 2. The second kappa shape index (κ2) is 11.4. The smallest absolute Gasteiger partial charge is 0.270 e. The highest BCUT2D eigenvalue weighted by molar-refractivity contribution is 7.09. The van der Waals surface area contributed by atoms with E-state index < -0.39 is 0 Å². The standard InChI is InChI=1S/C13H15ClN4O2S.2ClH/c14-9-1-2-11(17-7-9)20-6-5-16-13(19)10-8-21-12(18-10)3-4-15;;/h1-2,7-8H,3-6,15H2,(H,16,19);2*1H. The molecule has 2 heterocycles. The summed E-state index contributed by atoms with van der Waals surface area (Å²) in [5, 5.41) is 5.87. The summed E-state index contributed by atoms with van der Waals surface area (Å²) in [7, 11) is 0. The van der Waals surface area contributed by atoms with Crippen molar-refractivity contribution in [1.82, 2.24) is 15.3 Å². The van der Waals surface area contributed by atoms with E-state index >= 15 is 0 Å². The van der Waals surface area contributed by atoms with Gasteiger partial charge in [0.15, 0.2) is 0 Å². The Morgan fingerprint density at radius 1 is 1.39 bits per heavy atom. The zero-order chi connectivity index (χ0) is 15.1. The molecule has 0 bridgehead atoms. The normalized spacial score (nSPS) is 9.48. The third-order valence-corrected chi connectivity index (χ3v) is 3.61. The molecule has 0 saturated heterocycles. The van der Waals surface area contributed by atoms with Gasteiger partial charge in [0.1, 0.15) is 12.3 Å². The molecule has 0 aliphatic heterocycles. The molecule has 6 nitrogen and oxygen atoms in total. The molecule has 3 N–H and O–H groups in total. The number of ether oxygens (including phenoxy) is 1. The van der Waals surface area contributed by atoms with Crippen molar-refractivity contribution in [2.24, 2.45) is 5.73 Å². The van der Waals surface area contributed by atoms with Gasteiger partial charge in [0, 0.05) is 24.1 Å². The highest BCUT2D eigenvalue weighted by Crippen LogP contribution is 2.11. The summed E-state index contributed by atoms with van der Waals surface area (Å²) in [6.45, 7) is 1.21. The Hall–Kier alpha value is -1.12. The molecular formula is C13H17Cl3N4O2S. The van der Waals surface area contributed by atoms with Crippen molar-refractivity contribution in [2.45, 2.75) is 6.42 Å². The predicted octanol–water partition coefficient (Wildman–Crippen LogP) is 2.35. The van der Waals surface area contributed by atoms with Crippen LogP contribution < -0.4 is 15.8 Å². The van der Waals surface area contributed by atoms with Crippen molar-refractivity contribution in [2.75, 3.05) is 19.7 Å². The van der Waals surface area contributed by atoms with Gasteiger partial charge in [-0.15, -0.1) is 36.2 Å². The highest BCUT2D eigenvalue weighted by atomic mass is 35.5. The quantitative estimate of drug-likeness (QED) is 0.697. The summed E-state index contributed by atoms with van der Waals surface area (Å²) in [6, 6.07) is 3.36. The lowest BCUT2D eigenvalue weighted by Crippen LogP contribution is -2.28. The van der Waals surface area contributed by atoms with Crippen LogP contribution in [0.4, 0.5) is 0 Å². The first-order chi connectivity index (χ1) is 10.2. The molecule has 10 heteroatoms. The Labute approximate surface area is 155 Å². The van der Waals surface area contributed by atoms with E-state index in [2.05, 4.69) is 15.3 Å². The maximum absolute atomic E-state index is 11.8. The molecule has 0 spiro atoms. The summed E-state index contributed by atoms with van der Waals surface area (Å²) < 4.78 is 5.37. The molecule has 2 rings (SSSR count). The van der Waals surface area contributed by atoms with Crippen LogP contribution in [-0.2, 0) is 6.42 Å². The topological polar surface area (TPSA) is 90.1 Å². The van der Waals surface area contributed by atoms with E-state index in [1.807, 2.05) is 0 Å². The van der Waals surface area contributed by atoms with Crippen LogP contribution in [0.15, 0.2) is 23.7 Å². The number of pyridine rings is 1. The first kappa shape index (κ1) is 21.9. The zero-order valence-electron chi connectivity index (χ0n) is 12.0. The van der Waals surface area contributed by atoms with Gasteiger partial charge in [-0.05, 0) is 12.6 Å². The van der Waals surface area contributed by atoms with Gasteiger partial charge in [0.05, 0.1) is 16.6 Å². The van der Waals surface area contributed by atoms with E-state index in [1.54, 1.807) is 17.5 Å². The minimum atomic E-state index is -0.220. The molecule has 0 aliphatic rings. The van der Waals surface area contributed by atoms with Crippen LogP contribution in [0.5, 0.6) is 5.88 Å². The van der Waals surface area contributed by atoms with E-state index in [0.717, 1.165) is 5.01 Å². The second-order valence-electron chi connectivity index (χ2n) is 4.08. The van der Waals surface area contributed by atoms with Gasteiger partial charge in [0.25, 0.3) is 5.91 Å². The van der Waals surface area contributed by atoms with Crippen LogP contribution in [0.3, 0.4) is 0 Å². The van der Waals surface area contributed by atoms with E-state index in [9.17, 15) is 4.79 Å². The molecule has 0 unspecified atom stereocenters. The van der Waals surface area contributed by atoms with Crippen LogP contribution in [-0.4, -0.2) is 35.6 Å². The molecule has 0 saturated carbocycles. The lowest BCUT2D eigenvalue weighted by atomic mass is 10.4. The second-order valence-corrected chi connectivity index (χ2v) is 5.46. The molecule has 0 aromatic carbocycles. The van der Waals surface area contributed by atoms with Crippen LogP contribution in [0.25, 0.3) is 0 Å². The summed E-state index contributed by atoms with van der Waals surface area (Å²) >= 11 is 7.15. The number of rotatable bonds is 7. The van der Waals surface area contributed by atoms with Crippen molar-refractivity contribution in [1.29, 1.82) is 0 Å². The highest BCUT2D eigenvalue weighted by Gasteiger charge is 2.09. The van der Waals surface area contributed by atoms with Crippen LogP contribution >= 0.6 is 47.8 Å². The van der Waals surface area contributed by atoms with Crippen molar-refractivity contribution in [3.63, 3.8) is 0 Å². The van der Waals surface area contributed by atoms with E-state index in [4.69, 9.17) is 22.1 Å². The molecule has 0 aliphatic carbocycles. The summed E-state index contributed by atoms with van der Waals surface area (Å²) in [6.07, 6.45) is 2.19. The maximum Gasteiger partial charge on any atom is 0.270 e. The van der Waals surface area contributed by atoms with Crippen molar-refractivity contribution in [3.8, 4) is 5.88 Å². The van der Waals surface area contributed by atoms with Crippen LogP contribution in [0.1, 0.15) is 15.5 Å². The number of aromatic nitrogens is 2. The zero-order valence-corrected chi connectivity index (χ0v) is 15.2. The van der Waals surface area contributed by atoms with Crippen molar-refractivity contribution < 1.29 is 9.53 Å². The Bertz CT molecular complexity index is 595. The molecule has 128 valence electrons. The van der Waals surface area contributed by atoms with Gasteiger partial charge in [0.2, 0.25) is 5.88 Å². The third-order valence-electron chi connectivity index (χ3n) is 2.48. The predicted molar refractivity (Wildman–Crippen MR) is 96.4 cm³/mol. The minimum Gasteiger partial charge on any atom is -0.476 e. The average molecular weight is 400 g/mol. The number of amides is 1. The monoisotopic (exact) mass is 398 g/mol. The summed E-state index contributed by atoms with van der Waals surface area (Å²) in [5.41, 5.74) is 5.85. The largest absolute Gasteiger partial charge is 0.476 e. The molecule has 2 aromatic heterocycles. The lowest BCUT2D eigenvalue weighted by Gasteiger charge is -2.05. The molecule has 1 amide bonds. The minimum absolute atomic E-state index is 0. The first-order valence-corrected chi connectivity index (χ1v) is 7.62. The Morgan fingerprint density at radius 2 is 2.17 bits per heavy atom. The van der Waals surface area contributed by atoms with Gasteiger partial charge >= 0.3 is 0 Å². The van der Waals surface area contributed by atoms with Crippen LogP contribution in [0, 0.1) is 0 Å². The van der Waals surface area contributed by atoms with Gasteiger partial charge < -0.3 is 15.8 Å². The molecular weight excluding hydrogens is 383 g/mol. The molecule has 2 aromatic rings. The number of nitrogens with two attached hydrogens (primary N) is 1. The summed E-state index contributed by atoms with van der Waals surface area (Å²) in [5.74, 6) is 0.245. The number of carbonyl (C=O) groups is 1. The van der Waals surface area contributed by atoms with Gasteiger partial charge in [-0.1, -0.05) is 11.6 Å². The van der Waals surface area contributed by atoms with E-state index in [1.165, 1.54) is 17.5 Å². The number of hydrogen-bond acceptors (Lipinski definition) is 6. The van der Waals surface area contributed by atoms with Gasteiger partial charge in [-0.2, -0.15) is 0 Å². The molecule has 23 heavy (non-hydrogen) atoms. The van der Waals surface area contributed by atoms with E-state index in [0.29, 0.717) is 42.7 Å². The van der Waals surface area contributed by atoms with Crippen LogP contribution in [0.2, 0.25) is 5.02 Å². The first-order valence-electron chi connectivity index (χ1n) is 6.36. The number of carbonyl (C=O) groups excluding carboxylic acids is 1. The SMILES string of the molecule is Cl.Cl.NCCc1nc(C(=O)NCCOc2ccc(Cl)cn2)cs1. The summed E-state index contributed by atoms with van der Waals surface area (Å²) in [4.78, 5) is 20.0.